The predicted molar refractivity (Wildman–Crippen MR) is 115 cm³/mol. The number of fused-ring (bicyclic) bond motifs is 1. The molecule has 0 radical (unpaired) electrons. The first-order valence-corrected chi connectivity index (χ1v) is 10.3. The average molecular weight is 413 g/mol. The van der Waals surface area contributed by atoms with Crippen LogP contribution >= 0.6 is 11.3 Å². The maximum absolute atomic E-state index is 12.6. The summed E-state index contributed by atoms with van der Waals surface area (Å²) in [4.78, 5) is 28.9. The topological polar surface area (TPSA) is 77.5 Å². The van der Waals surface area contributed by atoms with Crippen LogP contribution in [0.25, 0.3) is 10.2 Å². The summed E-state index contributed by atoms with van der Waals surface area (Å²) in [5, 5.41) is 3.26. The van der Waals surface area contributed by atoms with Crippen LogP contribution in [-0.2, 0) is 9.53 Å². The normalized spacial score (nSPS) is 12.0. The molecule has 1 amide bonds. The highest BCUT2D eigenvalue weighted by Crippen LogP contribution is 2.29. The highest BCUT2D eigenvalue weighted by atomic mass is 32.1. The summed E-state index contributed by atoms with van der Waals surface area (Å²) < 4.78 is 11.7. The van der Waals surface area contributed by atoms with Crippen LogP contribution in [0.4, 0.5) is 5.13 Å². The van der Waals surface area contributed by atoms with E-state index in [4.69, 9.17) is 9.47 Å². The highest BCUT2D eigenvalue weighted by Gasteiger charge is 2.19. The standard InChI is InChI=1S/C22H24N2O4S/c1-5-27-21(26)15-10-11-17-19(12-15)29-22(23-17)24-20(25)14(4)28-18-9-7-6-8-16(18)13(2)3/h6-14H,5H2,1-4H3,(H,23,24,25). The molecule has 1 atom stereocenters. The zero-order valence-corrected chi connectivity index (χ0v) is 17.7. The molecule has 0 aliphatic heterocycles. The molecule has 29 heavy (non-hydrogen) atoms. The molecule has 0 saturated carbocycles. The van der Waals surface area contributed by atoms with Crippen molar-refractivity contribution in [3.8, 4) is 5.75 Å². The van der Waals surface area contributed by atoms with Crippen LogP contribution in [0.2, 0.25) is 0 Å². The number of anilines is 1. The highest BCUT2D eigenvalue weighted by molar-refractivity contribution is 7.22. The summed E-state index contributed by atoms with van der Waals surface area (Å²) in [7, 11) is 0. The summed E-state index contributed by atoms with van der Waals surface area (Å²) in [5.74, 6) is 0.334. The van der Waals surface area contributed by atoms with Gasteiger partial charge in [-0.15, -0.1) is 0 Å². The first-order chi connectivity index (χ1) is 13.9. The third-order valence-electron chi connectivity index (χ3n) is 4.34. The fourth-order valence-corrected chi connectivity index (χ4v) is 3.74. The van der Waals surface area contributed by atoms with Gasteiger partial charge < -0.3 is 9.47 Å². The molecule has 2 aromatic carbocycles. The Kier molecular flexibility index (Phi) is 6.49. The minimum Gasteiger partial charge on any atom is -0.481 e. The Morgan fingerprint density at radius 1 is 1.14 bits per heavy atom. The van der Waals surface area contributed by atoms with Crippen LogP contribution in [0, 0.1) is 0 Å². The van der Waals surface area contributed by atoms with E-state index in [0.717, 1.165) is 10.3 Å². The molecule has 0 bridgehead atoms. The lowest BCUT2D eigenvalue weighted by molar-refractivity contribution is -0.122. The lowest BCUT2D eigenvalue weighted by atomic mass is 10.0. The number of para-hydroxylation sites is 1. The van der Waals surface area contributed by atoms with Crippen molar-refractivity contribution in [2.24, 2.45) is 0 Å². The van der Waals surface area contributed by atoms with Crippen molar-refractivity contribution >= 4 is 38.6 Å². The molecule has 0 fully saturated rings. The summed E-state index contributed by atoms with van der Waals surface area (Å²) >= 11 is 1.30. The lowest BCUT2D eigenvalue weighted by Crippen LogP contribution is -2.30. The molecule has 3 rings (SSSR count). The fraction of sp³-hybridized carbons (Fsp3) is 0.318. The van der Waals surface area contributed by atoms with Crippen molar-refractivity contribution in [3.05, 3.63) is 53.6 Å². The van der Waals surface area contributed by atoms with E-state index in [-0.39, 0.29) is 11.9 Å². The number of carbonyl (C=O) groups is 2. The van der Waals surface area contributed by atoms with E-state index in [1.165, 1.54) is 11.3 Å². The van der Waals surface area contributed by atoms with Gasteiger partial charge >= 0.3 is 5.97 Å². The molecule has 0 saturated heterocycles. The second-order valence-corrected chi connectivity index (χ2v) is 7.89. The molecule has 6 nitrogen and oxygen atoms in total. The SMILES string of the molecule is CCOC(=O)c1ccc2nc(NC(=O)C(C)Oc3ccccc3C(C)C)sc2c1. The Morgan fingerprint density at radius 3 is 2.62 bits per heavy atom. The second-order valence-electron chi connectivity index (χ2n) is 6.86. The van der Waals surface area contributed by atoms with Crippen molar-refractivity contribution in [3.63, 3.8) is 0 Å². The number of nitrogens with zero attached hydrogens (tertiary/aromatic N) is 1. The zero-order valence-electron chi connectivity index (χ0n) is 16.9. The van der Waals surface area contributed by atoms with Gasteiger partial charge in [0.05, 0.1) is 22.4 Å². The molecule has 0 spiro atoms. The Bertz CT molecular complexity index is 1030. The predicted octanol–water partition coefficient (Wildman–Crippen LogP) is 5.00. The molecule has 1 heterocycles. The smallest absolute Gasteiger partial charge is 0.338 e. The molecule has 7 heteroatoms. The first-order valence-electron chi connectivity index (χ1n) is 9.53. The second kappa shape index (κ2) is 9.05. The monoisotopic (exact) mass is 412 g/mol. The molecule has 152 valence electrons. The zero-order chi connectivity index (χ0) is 21.0. The molecule has 1 N–H and O–H groups in total. The van der Waals surface area contributed by atoms with Crippen molar-refractivity contribution < 1.29 is 19.1 Å². The van der Waals surface area contributed by atoms with E-state index < -0.39 is 6.10 Å². The van der Waals surface area contributed by atoms with Gasteiger partial charge in [-0.25, -0.2) is 9.78 Å². The third-order valence-corrected chi connectivity index (χ3v) is 5.28. The maximum Gasteiger partial charge on any atom is 0.338 e. The number of amides is 1. The largest absolute Gasteiger partial charge is 0.481 e. The number of benzene rings is 2. The number of ether oxygens (including phenoxy) is 2. The Morgan fingerprint density at radius 2 is 1.90 bits per heavy atom. The number of esters is 1. The number of nitrogens with one attached hydrogen (secondary N) is 1. The third kappa shape index (κ3) is 4.92. The van der Waals surface area contributed by atoms with Crippen LogP contribution in [0.5, 0.6) is 5.75 Å². The van der Waals surface area contributed by atoms with Gasteiger partial charge in [0.15, 0.2) is 11.2 Å². The van der Waals surface area contributed by atoms with Gasteiger partial charge in [0.2, 0.25) is 0 Å². The van der Waals surface area contributed by atoms with Gasteiger partial charge in [-0.2, -0.15) is 0 Å². The lowest BCUT2D eigenvalue weighted by Gasteiger charge is -2.18. The van der Waals surface area contributed by atoms with E-state index in [9.17, 15) is 9.59 Å². The first kappa shape index (κ1) is 20.8. The number of aromatic nitrogens is 1. The van der Waals surface area contributed by atoms with Gasteiger partial charge in [0.25, 0.3) is 5.91 Å². The number of carbonyl (C=O) groups excluding carboxylic acids is 2. The fourth-order valence-electron chi connectivity index (χ4n) is 2.84. The van der Waals surface area contributed by atoms with E-state index in [1.54, 1.807) is 32.0 Å². The van der Waals surface area contributed by atoms with Crippen LogP contribution in [0.3, 0.4) is 0 Å². The van der Waals surface area contributed by atoms with Gasteiger partial charge in [-0.1, -0.05) is 43.4 Å². The van der Waals surface area contributed by atoms with Crippen molar-refractivity contribution in [2.45, 2.75) is 39.7 Å². The van der Waals surface area contributed by atoms with Gasteiger partial charge in [0, 0.05) is 0 Å². The molecular weight excluding hydrogens is 388 g/mol. The molecule has 1 unspecified atom stereocenters. The molecule has 0 aliphatic rings. The van der Waals surface area contributed by atoms with E-state index in [1.807, 2.05) is 24.3 Å². The van der Waals surface area contributed by atoms with Gasteiger partial charge in [-0.05, 0) is 49.6 Å². The molecule has 1 aromatic heterocycles. The van der Waals surface area contributed by atoms with Gasteiger partial charge in [0.1, 0.15) is 5.75 Å². The summed E-state index contributed by atoms with van der Waals surface area (Å²) in [6, 6.07) is 12.8. The van der Waals surface area contributed by atoms with E-state index >= 15 is 0 Å². The van der Waals surface area contributed by atoms with Crippen LogP contribution in [-0.4, -0.2) is 29.6 Å². The number of thiazole rings is 1. The van der Waals surface area contributed by atoms with Crippen LogP contribution in [0.1, 0.15) is 49.5 Å². The number of hydrogen-bond acceptors (Lipinski definition) is 6. The maximum atomic E-state index is 12.6. The molecule has 3 aromatic rings. The number of rotatable bonds is 7. The Hall–Kier alpha value is -2.93. The van der Waals surface area contributed by atoms with E-state index in [2.05, 4.69) is 24.1 Å². The van der Waals surface area contributed by atoms with Gasteiger partial charge in [-0.3, -0.25) is 10.1 Å². The summed E-state index contributed by atoms with van der Waals surface area (Å²) in [5.41, 5.74) is 2.22. The van der Waals surface area contributed by atoms with Crippen molar-refractivity contribution in [1.29, 1.82) is 0 Å². The Labute approximate surface area is 173 Å². The minimum atomic E-state index is -0.683. The average Bonchev–Trinajstić information content (AvgIpc) is 3.09. The minimum absolute atomic E-state index is 0.284. The van der Waals surface area contributed by atoms with Crippen LogP contribution in [0.15, 0.2) is 42.5 Å². The van der Waals surface area contributed by atoms with E-state index in [0.29, 0.717) is 34.5 Å². The number of hydrogen-bond donors (Lipinski definition) is 1. The quantitative estimate of drug-likeness (QED) is 0.553. The van der Waals surface area contributed by atoms with Crippen LogP contribution < -0.4 is 10.1 Å². The van der Waals surface area contributed by atoms with Crippen molar-refractivity contribution in [2.75, 3.05) is 11.9 Å². The summed E-state index contributed by atoms with van der Waals surface area (Å²) in [6.45, 7) is 7.95. The molecular formula is C22H24N2O4S. The molecule has 0 aliphatic carbocycles. The Balaban J connectivity index is 1.71. The summed E-state index contributed by atoms with van der Waals surface area (Å²) in [6.07, 6.45) is -0.683. The van der Waals surface area contributed by atoms with Crippen molar-refractivity contribution in [1.82, 2.24) is 4.98 Å².